The van der Waals surface area contributed by atoms with Crippen LogP contribution < -0.4 is 10.6 Å². The predicted molar refractivity (Wildman–Crippen MR) is 108 cm³/mol. The van der Waals surface area contributed by atoms with Crippen LogP contribution >= 0.6 is 23.7 Å². The molecule has 0 saturated carbocycles. The average Bonchev–Trinajstić information content (AvgIpc) is 3.34. The molecule has 10 heteroatoms. The number of piperidine rings is 1. The van der Waals surface area contributed by atoms with Crippen LogP contribution in [0.5, 0.6) is 0 Å². The van der Waals surface area contributed by atoms with E-state index >= 15 is 0 Å². The Labute approximate surface area is 171 Å². The lowest BCUT2D eigenvalue weighted by Crippen LogP contribution is -2.29. The van der Waals surface area contributed by atoms with E-state index in [1.165, 1.54) is 17.4 Å². The number of nitrogens with zero attached hydrogens (tertiary/aromatic N) is 4. The van der Waals surface area contributed by atoms with Gasteiger partial charge in [0.1, 0.15) is 5.82 Å². The van der Waals surface area contributed by atoms with Crippen molar-refractivity contribution in [1.82, 2.24) is 25.3 Å². The summed E-state index contributed by atoms with van der Waals surface area (Å²) in [5.74, 6) is -0.590. The smallest absolute Gasteiger partial charge is 0.279 e. The standard InChI is InChI=1S/C18H19FN6OS.ClH/c19-15-4-2-1-3-12(15)9-14-10-21-18(27-14)22-17(26)16-11-25(24-23-16)13-5-7-20-8-6-13;/h1-4,10-11,13,20H,5-9H2,(H,21,22,26);1H. The maximum atomic E-state index is 13.8. The molecule has 0 unspecified atom stereocenters. The Morgan fingerprint density at radius 1 is 1.32 bits per heavy atom. The Morgan fingerprint density at radius 3 is 2.89 bits per heavy atom. The number of halogens is 2. The van der Waals surface area contributed by atoms with E-state index in [0.29, 0.717) is 17.1 Å². The van der Waals surface area contributed by atoms with Crippen molar-refractivity contribution in [2.75, 3.05) is 18.4 Å². The first-order chi connectivity index (χ1) is 13.2. The van der Waals surface area contributed by atoms with Gasteiger partial charge in [0.2, 0.25) is 0 Å². The molecule has 1 saturated heterocycles. The quantitative estimate of drug-likeness (QED) is 0.660. The highest BCUT2D eigenvalue weighted by atomic mass is 35.5. The van der Waals surface area contributed by atoms with Gasteiger partial charge >= 0.3 is 0 Å². The van der Waals surface area contributed by atoms with Crippen molar-refractivity contribution in [2.24, 2.45) is 0 Å². The molecule has 1 aliphatic heterocycles. The molecular formula is C18H20ClFN6OS. The summed E-state index contributed by atoms with van der Waals surface area (Å²) < 4.78 is 15.5. The lowest BCUT2D eigenvalue weighted by Gasteiger charge is -2.21. The molecule has 3 heterocycles. The highest BCUT2D eigenvalue weighted by molar-refractivity contribution is 7.15. The van der Waals surface area contributed by atoms with Crippen LogP contribution in [0.15, 0.2) is 36.7 Å². The molecule has 28 heavy (non-hydrogen) atoms. The summed E-state index contributed by atoms with van der Waals surface area (Å²) in [6, 6.07) is 6.91. The van der Waals surface area contributed by atoms with Crippen LogP contribution in [0.25, 0.3) is 0 Å². The highest BCUT2D eigenvalue weighted by Gasteiger charge is 2.19. The number of benzene rings is 1. The number of aromatic nitrogens is 4. The van der Waals surface area contributed by atoms with Gasteiger partial charge in [0.05, 0.1) is 12.2 Å². The molecule has 0 bridgehead atoms. The van der Waals surface area contributed by atoms with Crippen molar-refractivity contribution < 1.29 is 9.18 Å². The van der Waals surface area contributed by atoms with Gasteiger partial charge in [-0.25, -0.2) is 14.1 Å². The molecule has 1 fully saturated rings. The van der Waals surface area contributed by atoms with Crippen LogP contribution in [0.3, 0.4) is 0 Å². The third-order valence-electron chi connectivity index (χ3n) is 4.52. The Morgan fingerprint density at radius 2 is 2.11 bits per heavy atom. The Hall–Kier alpha value is -2.36. The largest absolute Gasteiger partial charge is 0.317 e. The summed E-state index contributed by atoms with van der Waals surface area (Å²) in [5, 5.41) is 14.6. The minimum atomic E-state index is -0.345. The lowest BCUT2D eigenvalue weighted by atomic mass is 10.1. The number of carbonyl (C=O) groups is 1. The summed E-state index contributed by atoms with van der Waals surface area (Å²) in [7, 11) is 0. The van der Waals surface area contributed by atoms with Gasteiger partial charge < -0.3 is 5.32 Å². The van der Waals surface area contributed by atoms with Crippen LogP contribution in [0.1, 0.15) is 39.8 Å². The van der Waals surface area contributed by atoms with E-state index in [-0.39, 0.29) is 35.9 Å². The molecule has 0 spiro atoms. The molecule has 0 atom stereocenters. The van der Waals surface area contributed by atoms with E-state index in [2.05, 4.69) is 25.9 Å². The molecule has 148 valence electrons. The molecule has 1 aliphatic rings. The van der Waals surface area contributed by atoms with E-state index in [9.17, 15) is 9.18 Å². The van der Waals surface area contributed by atoms with Gasteiger partial charge in [-0.1, -0.05) is 23.4 Å². The SMILES string of the molecule is Cl.O=C(Nc1ncc(Cc2ccccc2F)s1)c1cn(C2CCNCC2)nn1. The van der Waals surface area contributed by atoms with E-state index in [1.807, 2.05) is 0 Å². The minimum Gasteiger partial charge on any atom is -0.317 e. The Bertz CT molecular complexity index is 940. The molecule has 2 N–H and O–H groups in total. The maximum Gasteiger partial charge on any atom is 0.279 e. The van der Waals surface area contributed by atoms with Gasteiger partial charge in [-0.15, -0.1) is 28.8 Å². The number of thiazole rings is 1. The number of anilines is 1. The van der Waals surface area contributed by atoms with Crippen LogP contribution in [0.4, 0.5) is 9.52 Å². The fourth-order valence-corrected chi connectivity index (χ4v) is 3.90. The molecule has 0 radical (unpaired) electrons. The number of hydrogen-bond donors (Lipinski definition) is 2. The fourth-order valence-electron chi connectivity index (χ4n) is 3.07. The summed E-state index contributed by atoms with van der Waals surface area (Å²) in [6.07, 6.45) is 5.70. The maximum absolute atomic E-state index is 13.8. The van der Waals surface area contributed by atoms with E-state index in [4.69, 9.17) is 0 Å². The first-order valence-corrected chi connectivity index (χ1v) is 9.63. The fraction of sp³-hybridized carbons (Fsp3) is 0.333. The number of amides is 1. The molecular weight excluding hydrogens is 403 g/mol. The third kappa shape index (κ3) is 4.73. The van der Waals surface area contributed by atoms with Crippen molar-refractivity contribution in [3.63, 3.8) is 0 Å². The second-order valence-electron chi connectivity index (χ2n) is 6.42. The second kappa shape index (κ2) is 9.22. The number of hydrogen-bond acceptors (Lipinski definition) is 6. The van der Waals surface area contributed by atoms with Gasteiger partial charge in [0.15, 0.2) is 10.8 Å². The van der Waals surface area contributed by atoms with Crippen LogP contribution in [-0.4, -0.2) is 39.0 Å². The predicted octanol–water partition coefficient (Wildman–Crippen LogP) is 3.06. The zero-order valence-corrected chi connectivity index (χ0v) is 16.6. The van der Waals surface area contributed by atoms with Crippen LogP contribution in [0, 0.1) is 5.82 Å². The summed E-state index contributed by atoms with van der Waals surface area (Å²) in [5.41, 5.74) is 0.864. The van der Waals surface area contributed by atoms with Crippen molar-refractivity contribution in [3.8, 4) is 0 Å². The first-order valence-electron chi connectivity index (χ1n) is 8.81. The molecule has 7 nitrogen and oxygen atoms in total. The topological polar surface area (TPSA) is 84.7 Å². The van der Waals surface area contributed by atoms with Gasteiger partial charge in [0.25, 0.3) is 5.91 Å². The molecule has 0 aliphatic carbocycles. The summed E-state index contributed by atoms with van der Waals surface area (Å²) in [6.45, 7) is 1.88. The van der Waals surface area contributed by atoms with E-state index < -0.39 is 0 Å². The lowest BCUT2D eigenvalue weighted by molar-refractivity contribution is 0.102. The molecule has 1 aromatic carbocycles. The Balaban J connectivity index is 0.00000225. The summed E-state index contributed by atoms with van der Waals surface area (Å²) in [4.78, 5) is 17.5. The monoisotopic (exact) mass is 422 g/mol. The van der Waals surface area contributed by atoms with Crippen molar-refractivity contribution in [3.05, 3.63) is 58.6 Å². The highest BCUT2D eigenvalue weighted by Crippen LogP contribution is 2.23. The Kier molecular flexibility index (Phi) is 6.71. The number of rotatable bonds is 5. The van der Waals surface area contributed by atoms with Gasteiger partial charge in [0, 0.05) is 17.5 Å². The zero-order chi connectivity index (χ0) is 18.6. The average molecular weight is 423 g/mol. The molecule has 4 rings (SSSR count). The van der Waals surface area contributed by atoms with Gasteiger partial charge in [-0.3, -0.25) is 10.1 Å². The molecule has 3 aromatic rings. The van der Waals surface area contributed by atoms with Gasteiger partial charge in [-0.2, -0.15) is 0 Å². The normalized spacial score (nSPS) is 14.5. The van der Waals surface area contributed by atoms with Crippen LogP contribution in [-0.2, 0) is 6.42 Å². The van der Waals surface area contributed by atoms with E-state index in [0.717, 1.165) is 30.8 Å². The molecule has 2 aromatic heterocycles. The van der Waals surface area contributed by atoms with E-state index in [1.54, 1.807) is 35.3 Å². The number of carbonyl (C=O) groups excluding carboxylic acids is 1. The summed E-state index contributed by atoms with van der Waals surface area (Å²) >= 11 is 1.32. The van der Waals surface area contributed by atoms with Crippen molar-refractivity contribution >= 4 is 34.8 Å². The first kappa shape index (κ1) is 20.4. The number of nitrogens with one attached hydrogen (secondary N) is 2. The zero-order valence-electron chi connectivity index (χ0n) is 15.0. The van der Waals surface area contributed by atoms with Crippen LogP contribution in [0.2, 0.25) is 0 Å². The van der Waals surface area contributed by atoms with Crippen molar-refractivity contribution in [1.29, 1.82) is 0 Å². The van der Waals surface area contributed by atoms with Gasteiger partial charge in [-0.05, 0) is 37.6 Å². The van der Waals surface area contributed by atoms with Crippen molar-refractivity contribution in [2.45, 2.75) is 25.3 Å². The third-order valence-corrected chi connectivity index (χ3v) is 5.44. The second-order valence-corrected chi connectivity index (χ2v) is 7.53. The molecule has 1 amide bonds. The minimum absolute atomic E-state index is 0.